The van der Waals surface area contributed by atoms with Crippen LogP contribution in [0.5, 0.6) is 0 Å². The fraction of sp³-hybridized carbons (Fsp3) is 0.294. The topological polar surface area (TPSA) is 72.1 Å². The number of hydrogen-bond donors (Lipinski definition) is 0. The predicted octanol–water partition coefficient (Wildman–Crippen LogP) is 2.97. The van der Waals surface area contributed by atoms with Crippen LogP contribution in [0.2, 0.25) is 0 Å². The Morgan fingerprint density at radius 3 is 3.04 bits per heavy atom. The first-order valence-electron chi connectivity index (χ1n) is 7.67. The van der Waals surface area contributed by atoms with Gasteiger partial charge in [0, 0.05) is 25.1 Å². The molecule has 6 nitrogen and oxygen atoms in total. The largest absolute Gasteiger partial charge is 0.337 e. The molecule has 1 unspecified atom stereocenters. The summed E-state index contributed by atoms with van der Waals surface area (Å²) >= 11 is 0. The number of rotatable bonds is 2. The quantitative estimate of drug-likeness (QED) is 0.727. The van der Waals surface area contributed by atoms with Crippen LogP contribution in [0.1, 0.15) is 31.2 Å². The van der Waals surface area contributed by atoms with Crippen LogP contribution in [0.3, 0.4) is 0 Å². The van der Waals surface area contributed by atoms with E-state index in [0.29, 0.717) is 23.8 Å². The standard InChI is InChI=1S/C17H16N4O2/c1-21-13(7-4-8-14(21)22)17-19-16(20-23-17)15-12-6-3-2-5-11(12)9-10-18-15/h2-3,5-6,9-10,13H,4,7-8H2,1H3. The molecule has 2 aromatic heterocycles. The zero-order valence-corrected chi connectivity index (χ0v) is 12.8. The SMILES string of the molecule is CN1C(=O)CCCC1c1nc(-c2nccc3ccccc23)no1. The van der Waals surface area contributed by atoms with Gasteiger partial charge >= 0.3 is 0 Å². The molecule has 0 bridgehead atoms. The predicted molar refractivity (Wildman–Crippen MR) is 84.4 cm³/mol. The van der Waals surface area contributed by atoms with Gasteiger partial charge in [0.15, 0.2) is 0 Å². The number of nitrogens with zero attached hydrogens (tertiary/aromatic N) is 4. The Morgan fingerprint density at radius 2 is 2.13 bits per heavy atom. The molecule has 0 aliphatic carbocycles. The number of fused-ring (bicyclic) bond motifs is 1. The van der Waals surface area contributed by atoms with Gasteiger partial charge in [0.2, 0.25) is 17.6 Å². The number of aromatic nitrogens is 3. The molecule has 3 aromatic rings. The molecule has 3 heterocycles. The third-order valence-electron chi connectivity index (χ3n) is 4.34. The van der Waals surface area contributed by atoms with Gasteiger partial charge in [-0.15, -0.1) is 0 Å². The van der Waals surface area contributed by atoms with Crippen molar-refractivity contribution >= 4 is 16.7 Å². The highest BCUT2D eigenvalue weighted by Gasteiger charge is 2.30. The van der Waals surface area contributed by atoms with E-state index in [4.69, 9.17) is 4.52 Å². The van der Waals surface area contributed by atoms with E-state index >= 15 is 0 Å². The second-order valence-electron chi connectivity index (χ2n) is 5.75. The van der Waals surface area contributed by atoms with Gasteiger partial charge in [0.05, 0.1) is 0 Å². The van der Waals surface area contributed by atoms with Crippen molar-refractivity contribution in [3.63, 3.8) is 0 Å². The summed E-state index contributed by atoms with van der Waals surface area (Å²) in [4.78, 5) is 22.5. The first kappa shape index (κ1) is 13.9. The van der Waals surface area contributed by atoms with Crippen LogP contribution in [0.4, 0.5) is 0 Å². The number of piperidine rings is 1. The molecule has 116 valence electrons. The monoisotopic (exact) mass is 308 g/mol. The van der Waals surface area contributed by atoms with E-state index in [2.05, 4.69) is 15.1 Å². The third kappa shape index (κ3) is 2.36. The molecule has 4 rings (SSSR count). The number of hydrogen-bond acceptors (Lipinski definition) is 5. The zero-order chi connectivity index (χ0) is 15.8. The number of benzene rings is 1. The second kappa shape index (κ2) is 5.46. The van der Waals surface area contributed by atoms with E-state index < -0.39 is 0 Å². The molecule has 0 N–H and O–H groups in total. The lowest BCUT2D eigenvalue weighted by Gasteiger charge is -2.29. The van der Waals surface area contributed by atoms with Crippen molar-refractivity contribution in [3.8, 4) is 11.5 Å². The van der Waals surface area contributed by atoms with Crippen LogP contribution in [-0.4, -0.2) is 33.0 Å². The van der Waals surface area contributed by atoms with Crippen LogP contribution in [0.15, 0.2) is 41.1 Å². The number of amides is 1. The van der Waals surface area contributed by atoms with Crippen molar-refractivity contribution in [1.29, 1.82) is 0 Å². The Labute approximate surface area is 133 Å². The van der Waals surface area contributed by atoms with Crippen molar-refractivity contribution in [2.75, 3.05) is 7.05 Å². The van der Waals surface area contributed by atoms with Gasteiger partial charge in [-0.3, -0.25) is 9.78 Å². The summed E-state index contributed by atoms with van der Waals surface area (Å²) in [5, 5.41) is 6.14. The highest BCUT2D eigenvalue weighted by atomic mass is 16.5. The van der Waals surface area contributed by atoms with E-state index in [1.807, 2.05) is 30.3 Å². The first-order chi connectivity index (χ1) is 11.2. The Kier molecular flexibility index (Phi) is 3.29. The van der Waals surface area contributed by atoms with Crippen LogP contribution in [-0.2, 0) is 4.79 Å². The Morgan fingerprint density at radius 1 is 1.26 bits per heavy atom. The number of pyridine rings is 1. The number of carbonyl (C=O) groups is 1. The van der Waals surface area contributed by atoms with Crippen LogP contribution in [0, 0.1) is 0 Å². The van der Waals surface area contributed by atoms with E-state index in [1.165, 1.54) is 0 Å². The average Bonchev–Trinajstić information content (AvgIpc) is 3.06. The van der Waals surface area contributed by atoms with Gasteiger partial charge in [-0.25, -0.2) is 0 Å². The van der Waals surface area contributed by atoms with Crippen LogP contribution >= 0.6 is 0 Å². The second-order valence-corrected chi connectivity index (χ2v) is 5.75. The summed E-state index contributed by atoms with van der Waals surface area (Å²) in [6.07, 6.45) is 4.01. The van der Waals surface area contributed by atoms with Crippen molar-refractivity contribution in [2.45, 2.75) is 25.3 Å². The lowest BCUT2D eigenvalue weighted by atomic mass is 10.0. The minimum absolute atomic E-state index is 0.115. The summed E-state index contributed by atoms with van der Waals surface area (Å²) in [6, 6.07) is 9.76. The maximum absolute atomic E-state index is 11.9. The fourth-order valence-corrected chi connectivity index (χ4v) is 3.04. The molecular weight excluding hydrogens is 292 g/mol. The first-order valence-corrected chi connectivity index (χ1v) is 7.67. The highest BCUT2D eigenvalue weighted by molar-refractivity contribution is 5.92. The van der Waals surface area contributed by atoms with Crippen molar-refractivity contribution in [2.24, 2.45) is 0 Å². The molecule has 0 spiro atoms. The highest BCUT2D eigenvalue weighted by Crippen LogP contribution is 2.31. The molecule has 23 heavy (non-hydrogen) atoms. The number of likely N-dealkylation sites (tertiary alicyclic amines) is 1. The Bertz CT molecular complexity index is 868. The molecule has 1 aromatic carbocycles. The summed E-state index contributed by atoms with van der Waals surface area (Å²) < 4.78 is 5.43. The van der Waals surface area contributed by atoms with E-state index in [9.17, 15) is 4.79 Å². The Hall–Kier alpha value is -2.76. The zero-order valence-electron chi connectivity index (χ0n) is 12.8. The van der Waals surface area contributed by atoms with Gasteiger partial charge in [0.25, 0.3) is 0 Å². The summed E-state index contributed by atoms with van der Waals surface area (Å²) in [5.41, 5.74) is 0.697. The molecule has 1 atom stereocenters. The summed E-state index contributed by atoms with van der Waals surface area (Å²) in [5.74, 6) is 1.05. The van der Waals surface area contributed by atoms with Crippen molar-refractivity contribution in [3.05, 3.63) is 42.4 Å². The maximum Gasteiger partial charge on any atom is 0.249 e. The molecule has 1 saturated heterocycles. The normalized spacial score (nSPS) is 18.6. The minimum Gasteiger partial charge on any atom is -0.337 e. The molecule has 1 aliphatic rings. The minimum atomic E-state index is -0.146. The van der Waals surface area contributed by atoms with Crippen molar-refractivity contribution < 1.29 is 9.32 Å². The van der Waals surface area contributed by atoms with E-state index in [0.717, 1.165) is 23.6 Å². The van der Waals surface area contributed by atoms with Gasteiger partial charge in [0.1, 0.15) is 11.7 Å². The third-order valence-corrected chi connectivity index (χ3v) is 4.34. The summed E-state index contributed by atoms with van der Waals surface area (Å²) in [7, 11) is 1.78. The molecule has 0 radical (unpaired) electrons. The fourth-order valence-electron chi connectivity index (χ4n) is 3.04. The summed E-state index contributed by atoms with van der Waals surface area (Å²) in [6.45, 7) is 0. The van der Waals surface area contributed by atoms with E-state index in [-0.39, 0.29) is 11.9 Å². The van der Waals surface area contributed by atoms with Gasteiger partial charge < -0.3 is 9.42 Å². The average molecular weight is 308 g/mol. The molecule has 6 heteroatoms. The smallest absolute Gasteiger partial charge is 0.249 e. The molecule has 1 fully saturated rings. The van der Waals surface area contributed by atoms with Crippen LogP contribution < -0.4 is 0 Å². The van der Waals surface area contributed by atoms with Crippen molar-refractivity contribution in [1.82, 2.24) is 20.0 Å². The van der Waals surface area contributed by atoms with Gasteiger partial charge in [-0.1, -0.05) is 29.4 Å². The molecular formula is C17H16N4O2. The maximum atomic E-state index is 11.9. The molecule has 1 amide bonds. The lowest BCUT2D eigenvalue weighted by Crippen LogP contribution is -2.34. The van der Waals surface area contributed by atoms with Gasteiger partial charge in [-0.2, -0.15) is 4.98 Å². The van der Waals surface area contributed by atoms with Gasteiger partial charge in [-0.05, 0) is 24.3 Å². The number of carbonyl (C=O) groups excluding carboxylic acids is 1. The Balaban J connectivity index is 1.74. The molecule has 0 saturated carbocycles. The van der Waals surface area contributed by atoms with E-state index in [1.54, 1.807) is 18.1 Å². The molecule has 1 aliphatic heterocycles. The lowest BCUT2D eigenvalue weighted by molar-refractivity contribution is -0.135. The van der Waals surface area contributed by atoms with Crippen LogP contribution in [0.25, 0.3) is 22.3 Å².